The molecule has 1 saturated heterocycles. The van der Waals surface area contributed by atoms with E-state index < -0.39 is 0 Å². The maximum absolute atomic E-state index is 12.8. The van der Waals surface area contributed by atoms with Crippen molar-refractivity contribution in [3.63, 3.8) is 0 Å². The van der Waals surface area contributed by atoms with Crippen molar-refractivity contribution >= 4 is 16.9 Å². The van der Waals surface area contributed by atoms with Crippen molar-refractivity contribution in [2.45, 2.75) is 18.9 Å². The highest BCUT2D eigenvalue weighted by atomic mass is 16.3. The number of hydrogen-bond acceptors (Lipinski definition) is 4. The molecular formula is C19H17N3O2. The number of carbonyl (C=O) groups excluding carboxylic acids is 1. The number of aromatic nitrogens is 2. The Hall–Kier alpha value is -2.95. The van der Waals surface area contributed by atoms with Crippen LogP contribution in [-0.2, 0) is 6.42 Å². The minimum Gasteiger partial charge on any atom is -0.492 e. The molecule has 2 heterocycles. The van der Waals surface area contributed by atoms with Crippen molar-refractivity contribution in [1.29, 1.82) is 0 Å². The van der Waals surface area contributed by atoms with Gasteiger partial charge in [-0.15, -0.1) is 0 Å². The maximum Gasteiger partial charge on any atom is 0.278 e. The Balaban J connectivity index is 1.58. The van der Waals surface area contributed by atoms with Crippen molar-refractivity contribution < 1.29 is 9.90 Å². The van der Waals surface area contributed by atoms with E-state index in [1.54, 1.807) is 17.0 Å². The van der Waals surface area contributed by atoms with Gasteiger partial charge in [-0.3, -0.25) is 4.79 Å². The molecule has 1 fully saturated rings. The van der Waals surface area contributed by atoms with E-state index in [-0.39, 0.29) is 23.5 Å². The number of amides is 1. The Bertz CT molecular complexity index is 896. The third-order valence-corrected chi connectivity index (χ3v) is 4.47. The van der Waals surface area contributed by atoms with Crippen LogP contribution in [0.4, 0.5) is 0 Å². The van der Waals surface area contributed by atoms with Gasteiger partial charge < -0.3 is 10.0 Å². The fourth-order valence-corrected chi connectivity index (χ4v) is 3.08. The van der Waals surface area contributed by atoms with Crippen molar-refractivity contribution in [3.8, 4) is 5.88 Å². The maximum atomic E-state index is 12.8. The number of fused-ring (bicyclic) bond motifs is 1. The van der Waals surface area contributed by atoms with Crippen molar-refractivity contribution in [1.82, 2.24) is 14.9 Å². The number of hydrogen-bond donors (Lipinski definition) is 1. The predicted octanol–water partition coefficient (Wildman–Crippen LogP) is 2.79. The number of rotatable bonds is 3. The van der Waals surface area contributed by atoms with Gasteiger partial charge in [-0.05, 0) is 30.5 Å². The van der Waals surface area contributed by atoms with Crippen LogP contribution in [0.25, 0.3) is 11.0 Å². The molecule has 1 aromatic heterocycles. The largest absolute Gasteiger partial charge is 0.492 e. The van der Waals surface area contributed by atoms with Gasteiger partial charge in [0.1, 0.15) is 0 Å². The first-order valence-electron chi connectivity index (χ1n) is 8.03. The first-order valence-corrected chi connectivity index (χ1v) is 8.03. The Morgan fingerprint density at radius 1 is 1.04 bits per heavy atom. The SMILES string of the molecule is O=C(c1nc2ccccc2nc1O)N1CCC1Cc1ccccc1. The van der Waals surface area contributed by atoms with E-state index in [4.69, 9.17) is 0 Å². The molecule has 1 amide bonds. The minimum atomic E-state index is -0.302. The summed E-state index contributed by atoms with van der Waals surface area (Å²) in [5.41, 5.74) is 2.43. The van der Waals surface area contributed by atoms with Gasteiger partial charge in [0.05, 0.1) is 11.0 Å². The summed E-state index contributed by atoms with van der Waals surface area (Å²) in [5, 5.41) is 10.1. The molecule has 0 saturated carbocycles. The van der Waals surface area contributed by atoms with Crippen LogP contribution in [0.15, 0.2) is 54.6 Å². The Labute approximate surface area is 139 Å². The average Bonchev–Trinajstić information content (AvgIpc) is 2.59. The van der Waals surface area contributed by atoms with Crippen molar-refractivity contribution in [2.75, 3.05) is 6.54 Å². The van der Waals surface area contributed by atoms with Crippen LogP contribution in [0.1, 0.15) is 22.5 Å². The van der Waals surface area contributed by atoms with E-state index in [1.807, 2.05) is 30.3 Å². The third kappa shape index (κ3) is 2.58. The Morgan fingerprint density at radius 3 is 2.38 bits per heavy atom. The van der Waals surface area contributed by atoms with Gasteiger partial charge in [-0.2, -0.15) is 0 Å². The number of benzene rings is 2. The quantitative estimate of drug-likeness (QED) is 0.806. The lowest BCUT2D eigenvalue weighted by Gasteiger charge is -2.41. The molecule has 0 bridgehead atoms. The summed E-state index contributed by atoms with van der Waals surface area (Å²) in [5.74, 6) is -0.554. The summed E-state index contributed by atoms with van der Waals surface area (Å²) in [6, 6.07) is 17.5. The van der Waals surface area contributed by atoms with Gasteiger partial charge in [0.15, 0.2) is 5.69 Å². The number of nitrogens with zero attached hydrogens (tertiary/aromatic N) is 3. The lowest BCUT2D eigenvalue weighted by atomic mass is 9.95. The summed E-state index contributed by atoms with van der Waals surface area (Å²) in [6.45, 7) is 0.685. The molecule has 1 N–H and O–H groups in total. The smallest absolute Gasteiger partial charge is 0.278 e. The second-order valence-electron chi connectivity index (χ2n) is 6.02. The first kappa shape index (κ1) is 14.6. The third-order valence-electron chi connectivity index (χ3n) is 4.47. The van der Waals surface area contributed by atoms with E-state index in [0.717, 1.165) is 12.8 Å². The highest BCUT2D eigenvalue weighted by Crippen LogP contribution is 2.26. The van der Waals surface area contributed by atoms with Gasteiger partial charge in [-0.1, -0.05) is 42.5 Å². The van der Waals surface area contributed by atoms with E-state index in [9.17, 15) is 9.90 Å². The molecule has 1 aliphatic rings. The molecule has 1 aliphatic heterocycles. The first-order chi connectivity index (χ1) is 11.7. The van der Waals surface area contributed by atoms with Crippen LogP contribution in [0.5, 0.6) is 5.88 Å². The van der Waals surface area contributed by atoms with Crippen molar-refractivity contribution in [3.05, 3.63) is 65.9 Å². The normalized spacial score (nSPS) is 16.8. The highest BCUT2D eigenvalue weighted by molar-refractivity contribution is 5.96. The standard InChI is InChI=1S/C19H17N3O2/c23-18-17(20-15-8-4-5-9-16(15)21-18)19(24)22-11-10-14(22)12-13-6-2-1-3-7-13/h1-9,14H,10-12H2,(H,21,23). The molecule has 0 radical (unpaired) electrons. The molecule has 2 aromatic carbocycles. The molecular weight excluding hydrogens is 302 g/mol. The second-order valence-corrected chi connectivity index (χ2v) is 6.02. The molecule has 120 valence electrons. The second kappa shape index (κ2) is 5.92. The average molecular weight is 319 g/mol. The van der Waals surface area contributed by atoms with Crippen LogP contribution < -0.4 is 0 Å². The Morgan fingerprint density at radius 2 is 1.71 bits per heavy atom. The van der Waals surface area contributed by atoms with Crippen LogP contribution in [-0.4, -0.2) is 38.5 Å². The molecule has 5 nitrogen and oxygen atoms in total. The van der Waals surface area contributed by atoms with Crippen LogP contribution >= 0.6 is 0 Å². The fraction of sp³-hybridized carbons (Fsp3) is 0.211. The molecule has 1 atom stereocenters. The molecule has 5 heteroatoms. The summed E-state index contributed by atoms with van der Waals surface area (Å²) >= 11 is 0. The number of para-hydroxylation sites is 2. The van der Waals surface area contributed by atoms with Crippen LogP contribution in [0.2, 0.25) is 0 Å². The molecule has 3 aromatic rings. The zero-order valence-corrected chi connectivity index (χ0v) is 13.1. The lowest BCUT2D eigenvalue weighted by Crippen LogP contribution is -2.52. The summed E-state index contributed by atoms with van der Waals surface area (Å²) in [6.07, 6.45) is 1.77. The lowest BCUT2D eigenvalue weighted by molar-refractivity contribution is 0.0455. The van der Waals surface area contributed by atoms with Crippen LogP contribution in [0.3, 0.4) is 0 Å². The topological polar surface area (TPSA) is 66.3 Å². The number of likely N-dealkylation sites (tertiary alicyclic amines) is 1. The fourth-order valence-electron chi connectivity index (χ4n) is 3.08. The highest BCUT2D eigenvalue weighted by Gasteiger charge is 2.35. The van der Waals surface area contributed by atoms with E-state index >= 15 is 0 Å². The zero-order chi connectivity index (χ0) is 16.5. The monoisotopic (exact) mass is 319 g/mol. The molecule has 0 aliphatic carbocycles. The van der Waals surface area contributed by atoms with Gasteiger partial charge in [0.25, 0.3) is 5.91 Å². The molecule has 0 spiro atoms. The van der Waals surface area contributed by atoms with E-state index in [1.165, 1.54) is 5.56 Å². The number of carbonyl (C=O) groups is 1. The van der Waals surface area contributed by atoms with E-state index in [0.29, 0.717) is 17.6 Å². The molecule has 4 rings (SSSR count). The van der Waals surface area contributed by atoms with Gasteiger partial charge >= 0.3 is 0 Å². The summed E-state index contributed by atoms with van der Waals surface area (Å²) in [4.78, 5) is 22.9. The van der Waals surface area contributed by atoms with Gasteiger partial charge in [-0.25, -0.2) is 9.97 Å². The molecule has 1 unspecified atom stereocenters. The number of aromatic hydroxyl groups is 1. The van der Waals surface area contributed by atoms with Crippen molar-refractivity contribution in [2.24, 2.45) is 0 Å². The summed E-state index contributed by atoms with van der Waals surface area (Å²) in [7, 11) is 0. The minimum absolute atomic E-state index is 0.0338. The van der Waals surface area contributed by atoms with E-state index in [2.05, 4.69) is 22.1 Å². The van der Waals surface area contributed by atoms with Crippen LogP contribution in [0, 0.1) is 0 Å². The molecule has 24 heavy (non-hydrogen) atoms. The predicted molar refractivity (Wildman–Crippen MR) is 90.8 cm³/mol. The zero-order valence-electron chi connectivity index (χ0n) is 13.1. The summed E-state index contributed by atoms with van der Waals surface area (Å²) < 4.78 is 0. The van der Waals surface area contributed by atoms with Gasteiger partial charge in [0.2, 0.25) is 5.88 Å². The van der Waals surface area contributed by atoms with Gasteiger partial charge in [0, 0.05) is 12.6 Å². The Kier molecular flexibility index (Phi) is 3.61.